The van der Waals surface area contributed by atoms with E-state index in [1.54, 1.807) is 36.4 Å². The second-order valence-electron chi connectivity index (χ2n) is 7.67. The van der Waals surface area contributed by atoms with E-state index >= 15 is 0 Å². The molecule has 0 spiro atoms. The van der Waals surface area contributed by atoms with Crippen LogP contribution >= 0.6 is 11.3 Å². The minimum absolute atomic E-state index is 0.146. The molecule has 0 saturated heterocycles. The van der Waals surface area contributed by atoms with Crippen LogP contribution in [0.1, 0.15) is 37.6 Å². The minimum Gasteiger partial charge on any atom is -0.467 e. The van der Waals surface area contributed by atoms with Gasteiger partial charge in [0.15, 0.2) is 5.13 Å². The first-order valence-corrected chi connectivity index (χ1v) is 10.9. The summed E-state index contributed by atoms with van der Waals surface area (Å²) in [5, 5.41) is 0.496. The molecule has 0 bridgehead atoms. The Morgan fingerprint density at radius 2 is 1.69 bits per heavy atom. The van der Waals surface area contributed by atoms with E-state index in [4.69, 9.17) is 9.40 Å². The lowest BCUT2D eigenvalue weighted by molar-refractivity contribution is -0.119. The molecule has 1 aliphatic rings. The van der Waals surface area contributed by atoms with Gasteiger partial charge in [-0.2, -0.15) is 0 Å². The van der Waals surface area contributed by atoms with Crippen LogP contribution in [0.15, 0.2) is 59.2 Å². The van der Waals surface area contributed by atoms with Gasteiger partial charge in [0.05, 0.1) is 34.2 Å². The van der Waals surface area contributed by atoms with E-state index in [-0.39, 0.29) is 13.1 Å². The van der Waals surface area contributed by atoms with Gasteiger partial charge in [-0.05, 0) is 49.2 Å². The van der Waals surface area contributed by atoms with E-state index in [2.05, 4.69) is 0 Å². The Labute approximate surface area is 187 Å². The smallest absolute Gasteiger partial charge is 0.262 e. The van der Waals surface area contributed by atoms with Gasteiger partial charge >= 0.3 is 0 Å². The standard InChI is InChI=1S/C24H19N3O4S/c1-14-9-10-15(2)21-20(14)25-24(32-21)26(12-16-6-5-11-31-16)19(28)13-27-22(29)17-7-3-4-8-18(17)23(27)30/h3-11H,12-13H2,1-2H3. The molecule has 1 aliphatic heterocycles. The van der Waals surface area contributed by atoms with Crippen molar-refractivity contribution in [1.29, 1.82) is 0 Å². The number of anilines is 1. The molecule has 7 nitrogen and oxygen atoms in total. The highest BCUT2D eigenvalue weighted by Gasteiger charge is 2.37. The number of amides is 3. The lowest BCUT2D eigenvalue weighted by Crippen LogP contribution is -2.42. The third-order valence-corrected chi connectivity index (χ3v) is 6.74. The average molecular weight is 446 g/mol. The van der Waals surface area contributed by atoms with Crippen LogP contribution in [0.2, 0.25) is 0 Å². The second kappa shape index (κ2) is 7.72. The van der Waals surface area contributed by atoms with Crippen molar-refractivity contribution in [3.63, 3.8) is 0 Å². The van der Waals surface area contributed by atoms with Crippen molar-refractivity contribution in [2.75, 3.05) is 11.4 Å². The summed E-state index contributed by atoms with van der Waals surface area (Å²) < 4.78 is 6.45. The van der Waals surface area contributed by atoms with E-state index in [0.29, 0.717) is 22.0 Å². The van der Waals surface area contributed by atoms with E-state index in [9.17, 15) is 14.4 Å². The highest BCUT2D eigenvalue weighted by Crippen LogP contribution is 2.34. The van der Waals surface area contributed by atoms with E-state index in [1.165, 1.54) is 22.5 Å². The number of carbonyl (C=O) groups excluding carboxylic acids is 3. The van der Waals surface area contributed by atoms with Crippen molar-refractivity contribution in [3.05, 3.63) is 82.8 Å². The summed E-state index contributed by atoms with van der Waals surface area (Å²) >= 11 is 1.41. The van der Waals surface area contributed by atoms with Crippen LogP contribution in [-0.4, -0.2) is 34.2 Å². The summed E-state index contributed by atoms with van der Waals surface area (Å²) in [7, 11) is 0. The summed E-state index contributed by atoms with van der Waals surface area (Å²) in [5.74, 6) is -0.764. The SMILES string of the molecule is Cc1ccc(C)c2sc(N(Cc3ccco3)C(=O)CN3C(=O)c4ccccc4C3=O)nc12. The molecule has 0 fully saturated rings. The fraction of sp³-hybridized carbons (Fsp3) is 0.167. The van der Waals surface area contributed by atoms with Gasteiger partial charge in [0.25, 0.3) is 11.8 Å². The predicted octanol–water partition coefficient (Wildman–Crippen LogP) is 4.34. The second-order valence-corrected chi connectivity index (χ2v) is 8.65. The largest absolute Gasteiger partial charge is 0.467 e. The van der Waals surface area contributed by atoms with Crippen LogP contribution in [0, 0.1) is 13.8 Å². The Hall–Kier alpha value is -3.78. The van der Waals surface area contributed by atoms with Gasteiger partial charge in [-0.1, -0.05) is 35.6 Å². The molecule has 8 heteroatoms. The van der Waals surface area contributed by atoms with Gasteiger partial charge < -0.3 is 4.42 Å². The summed E-state index contributed by atoms with van der Waals surface area (Å²) in [6, 6.07) is 14.1. The Kier molecular flexibility index (Phi) is 4.86. The first-order chi connectivity index (χ1) is 15.4. The molecule has 0 aliphatic carbocycles. The van der Waals surface area contributed by atoms with Crippen LogP contribution < -0.4 is 4.90 Å². The molecule has 160 valence electrons. The number of rotatable bonds is 5. The van der Waals surface area contributed by atoms with Crippen molar-refractivity contribution < 1.29 is 18.8 Å². The predicted molar refractivity (Wildman–Crippen MR) is 121 cm³/mol. The minimum atomic E-state index is -0.465. The summed E-state index contributed by atoms with van der Waals surface area (Å²) in [5.41, 5.74) is 3.55. The molecule has 0 radical (unpaired) electrons. The van der Waals surface area contributed by atoms with E-state index in [0.717, 1.165) is 26.2 Å². The quantitative estimate of drug-likeness (QED) is 0.427. The van der Waals surface area contributed by atoms with Gasteiger partial charge in [-0.25, -0.2) is 4.98 Å². The fourth-order valence-corrected chi connectivity index (χ4v) is 4.92. The van der Waals surface area contributed by atoms with Crippen molar-refractivity contribution in [2.24, 2.45) is 0 Å². The van der Waals surface area contributed by atoms with Gasteiger partial charge in [0.2, 0.25) is 5.91 Å². The van der Waals surface area contributed by atoms with Gasteiger partial charge in [-0.3, -0.25) is 24.2 Å². The number of imide groups is 1. The zero-order valence-electron chi connectivity index (χ0n) is 17.5. The number of hydrogen-bond donors (Lipinski definition) is 0. The van der Waals surface area contributed by atoms with Gasteiger partial charge in [0.1, 0.15) is 12.3 Å². The van der Waals surface area contributed by atoms with Gasteiger partial charge in [0, 0.05) is 0 Å². The molecule has 4 aromatic rings. The maximum absolute atomic E-state index is 13.4. The molecule has 32 heavy (non-hydrogen) atoms. The molecule has 2 aromatic carbocycles. The molecule has 0 atom stereocenters. The van der Waals surface area contributed by atoms with Crippen molar-refractivity contribution in [2.45, 2.75) is 20.4 Å². The van der Waals surface area contributed by atoms with Gasteiger partial charge in [-0.15, -0.1) is 0 Å². The Morgan fingerprint density at radius 3 is 2.31 bits per heavy atom. The normalized spacial score (nSPS) is 13.1. The lowest BCUT2D eigenvalue weighted by Gasteiger charge is -2.21. The Morgan fingerprint density at radius 1 is 1.00 bits per heavy atom. The lowest BCUT2D eigenvalue weighted by atomic mass is 10.1. The van der Waals surface area contributed by atoms with Crippen molar-refractivity contribution >= 4 is 44.4 Å². The van der Waals surface area contributed by atoms with Crippen LogP contribution in [-0.2, 0) is 11.3 Å². The highest BCUT2D eigenvalue weighted by molar-refractivity contribution is 7.22. The monoisotopic (exact) mass is 445 g/mol. The number of aryl methyl sites for hydroxylation is 2. The maximum Gasteiger partial charge on any atom is 0.262 e. The molecular weight excluding hydrogens is 426 g/mol. The molecule has 3 amide bonds. The number of nitrogens with zero attached hydrogens (tertiary/aromatic N) is 3. The number of fused-ring (bicyclic) bond motifs is 2. The number of thiazole rings is 1. The maximum atomic E-state index is 13.4. The number of hydrogen-bond acceptors (Lipinski definition) is 6. The summed E-state index contributed by atoms with van der Waals surface area (Å²) in [6.07, 6.45) is 1.54. The highest BCUT2D eigenvalue weighted by atomic mass is 32.1. The number of benzene rings is 2. The van der Waals surface area contributed by atoms with Crippen LogP contribution in [0.5, 0.6) is 0 Å². The van der Waals surface area contributed by atoms with Crippen molar-refractivity contribution in [3.8, 4) is 0 Å². The average Bonchev–Trinajstić information content (AvgIpc) is 3.52. The first kappa shape index (κ1) is 20.1. The van der Waals surface area contributed by atoms with Crippen LogP contribution in [0.25, 0.3) is 10.2 Å². The Balaban J connectivity index is 1.50. The summed E-state index contributed by atoms with van der Waals surface area (Å²) in [4.78, 5) is 46.1. The van der Waals surface area contributed by atoms with Crippen LogP contribution in [0.3, 0.4) is 0 Å². The molecule has 0 saturated carbocycles. The zero-order valence-corrected chi connectivity index (χ0v) is 18.3. The molecule has 0 unspecified atom stereocenters. The summed E-state index contributed by atoms with van der Waals surface area (Å²) in [6.45, 7) is 3.75. The third kappa shape index (κ3) is 3.29. The number of furan rings is 1. The fourth-order valence-electron chi connectivity index (χ4n) is 3.79. The van der Waals surface area contributed by atoms with E-state index < -0.39 is 17.7 Å². The first-order valence-electron chi connectivity index (χ1n) is 10.1. The third-order valence-electron chi connectivity index (χ3n) is 5.53. The van der Waals surface area contributed by atoms with Crippen molar-refractivity contribution in [1.82, 2.24) is 9.88 Å². The zero-order chi connectivity index (χ0) is 22.4. The molecule has 2 aromatic heterocycles. The topological polar surface area (TPSA) is 83.7 Å². The molecular formula is C24H19N3O4S. The number of aromatic nitrogens is 1. The number of carbonyl (C=O) groups is 3. The van der Waals surface area contributed by atoms with E-state index in [1.807, 2.05) is 26.0 Å². The molecule has 5 rings (SSSR count). The molecule has 0 N–H and O–H groups in total. The van der Waals surface area contributed by atoms with Crippen LogP contribution in [0.4, 0.5) is 5.13 Å². The Bertz CT molecular complexity index is 1300. The molecule has 3 heterocycles.